The molecule has 0 spiro atoms. The Hall–Kier alpha value is -2.30. The molecular formula is C21H28N2O3. The maximum Gasteiger partial charge on any atom is 0.253 e. The van der Waals surface area contributed by atoms with Crippen LogP contribution in [0.1, 0.15) is 38.1 Å². The van der Waals surface area contributed by atoms with Crippen LogP contribution in [0.2, 0.25) is 0 Å². The number of nitrogens with zero attached hydrogens (tertiary/aromatic N) is 2. The summed E-state index contributed by atoms with van der Waals surface area (Å²) in [5, 5.41) is 9.35. The fourth-order valence-corrected chi connectivity index (χ4v) is 3.93. The summed E-state index contributed by atoms with van der Waals surface area (Å²) < 4.78 is 0. The van der Waals surface area contributed by atoms with Gasteiger partial charge in [0, 0.05) is 31.7 Å². The van der Waals surface area contributed by atoms with Gasteiger partial charge >= 0.3 is 0 Å². The molecule has 1 saturated carbocycles. The molecule has 26 heavy (non-hydrogen) atoms. The van der Waals surface area contributed by atoms with Gasteiger partial charge in [-0.15, -0.1) is 0 Å². The highest BCUT2D eigenvalue weighted by Gasteiger charge is 2.61. The number of piperazine rings is 1. The Morgan fingerprint density at radius 2 is 1.58 bits per heavy atom. The van der Waals surface area contributed by atoms with E-state index in [1.54, 1.807) is 17.0 Å². The van der Waals surface area contributed by atoms with Crippen LogP contribution in [0.15, 0.2) is 35.9 Å². The number of carbonyl (C=O) groups is 2. The zero-order valence-corrected chi connectivity index (χ0v) is 16.0. The predicted octanol–water partition coefficient (Wildman–Crippen LogP) is 2.92. The van der Waals surface area contributed by atoms with Gasteiger partial charge in [0.05, 0.1) is 5.92 Å². The first-order chi connectivity index (χ1) is 12.2. The first kappa shape index (κ1) is 18.5. The molecule has 1 heterocycles. The van der Waals surface area contributed by atoms with Gasteiger partial charge < -0.3 is 14.9 Å². The van der Waals surface area contributed by atoms with E-state index in [0.29, 0.717) is 37.7 Å². The van der Waals surface area contributed by atoms with Crippen LogP contribution in [0.3, 0.4) is 0 Å². The molecule has 0 unspecified atom stereocenters. The maximum atomic E-state index is 12.9. The van der Waals surface area contributed by atoms with Crippen LogP contribution in [0.25, 0.3) is 0 Å². The van der Waals surface area contributed by atoms with E-state index in [1.807, 2.05) is 4.90 Å². The fraction of sp³-hybridized carbons (Fsp3) is 0.524. The molecule has 1 aromatic carbocycles. The molecule has 140 valence electrons. The first-order valence-electron chi connectivity index (χ1n) is 9.24. The molecule has 2 aliphatic rings. The second-order valence-corrected chi connectivity index (χ2v) is 8.23. The number of phenolic OH excluding ortho intramolecular Hbond substituents is 1. The van der Waals surface area contributed by atoms with Crippen molar-refractivity contribution in [3.8, 4) is 5.75 Å². The third-order valence-corrected chi connectivity index (χ3v) is 5.68. The van der Waals surface area contributed by atoms with Gasteiger partial charge in [0.1, 0.15) is 5.75 Å². The van der Waals surface area contributed by atoms with Crippen molar-refractivity contribution >= 4 is 11.8 Å². The van der Waals surface area contributed by atoms with Crippen molar-refractivity contribution < 1.29 is 14.7 Å². The topological polar surface area (TPSA) is 60.9 Å². The van der Waals surface area contributed by atoms with E-state index < -0.39 is 0 Å². The smallest absolute Gasteiger partial charge is 0.253 e. The van der Waals surface area contributed by atoms with Crippen molar-refractivity contribution in [2.24, 2.45) is 17.3 Å². The molecule has 1 aromatic rings. The number of benzene rings is 1. The van der Waals surface area contributed by atoms with Gasteiger partial charge in [0.2, 0.25) is 5.91 Å². The van der Waals surface area contributed by atoms with Crippen molar-refractivity contribution in [2.45, 2.75) is 27.7 Å². The summed E-state index contributed by atoms with van der Waals surface area (Å²) in [7, 11) is 0. The highest BCUT2D eigenvalue weighted by Crippen LogP contribution is 2.60. The summed E-state index contributed by atoms with van der Waals surface area (Å²) in [5.41, 5.74) is 1.84. The Labute approximate surface area is 155 Å². The van der Waals surface area contributed by atoms with Crippen LogP contribution in [0.5, 0.6) is 5.75 Å². The second-order valence-electron chi connectivity index (χ2n) is 8.23. The van der Waals surface area contributed by atoms with Gasteiger partial charge in [0.15, 0.2) is 0 Å². The number of amides is 2. The van der Waals surface area contributed by atoms with Crippen molar-refractivity contribution in [1.82, 2.24) is 9.80 Å². The minimum atomic E-state index is -0.0498. The second kappa shape index (κ2) is 6.78. The molecule has 1 N–H and O–H groups in total. The first-order valence-corrected chi connectivity index (χ1v) is 9.24. The predicted molar refractivity (Wildman–Crippen MR) is 101 cm³/mol. The number of aromatic hydroxyl groups is 1. The summed E-state index contributed by atoms with van der Waals surface area (Å²) in [6, 6.07) is 6.30. The van der Waals surface area contributed by atoms with Gasteiger partial charge in [-0.05, 0) is 49.4 Å². The lowest BCUT2D eigenvalue weighted by Gasteiger charge is -2.35. The minimum Gasteiger partial charge on any atom is -0.508 e. The van der Waals surface area contributed by atoms with Gasteiger partial charge in [0.25, 0.3) is 5.91 Å². The summed E-state index contributed by atoms with van der Waals surface area (Å²) in [6.07, 6.45) is 2.22. The van der Waals surface area contributed by atoms with Crippen molar-refractivity contribution in [1.29, 1.82) is 0 Å². The quantitative estimate of drug-likeness (QED) is 0.847. The van der Waals surface area contributed by atoms with E-state index in [-0.39, 0.29) is 28.9 Å². The van der Waals surface area contributed by atoms with Gasteiger partial charge in [-0.25, -0.2) is 0 Å². The zero-order valence-electron chi connectivity index (χ0n) is 16.0. The van der Waals surface area contributed by atoms with Gasteiger partial charge in [-0.2, -0.15) is 0 Å². The lowest BCUT2D eigenvalue weighted by atomic mass is 10.1. The standard InChI is InChI=1S/C21H28N2O3/c1-14(2)13-17-18(21(17,3)4)20(26)23-11-9-22(10-12-23)19(25)15-5-7-16(24)8-6-15/h5-8,13,17-18,24H,9-12H2,1-4H3/t17-,18+/m0/s1. The summed E-state index contributed by atoms with van der Waals surface area (Å²) in [6.45, 7) is 10.7. The summed E-state index contributed by atoms with van der Waals surface area (Å²) in [5.74, 6) is 0.684. The molecule has 5 nitrogen and oxygen atoms in total. The highest BCUT2D eigenvalue weighted by atomic mass is 16.3. The highest BCUT2D eigenvalue weighted by molar-refractivity contribution is 5.94. The van der Waals surface area contributed by atoms with E-state index in [0.717, 1.165) is 0 Å². The van der Waals surface area contributed by atoms with Crippen LogP contribution in [0, 0.1) is 17.3 Å². The maximum absolute atomic E-state index is 12.9. The van der Waals surface area contributed by atoms with E-state index >= 15 is 0 Å². The van der Waals surface area contributed by atoms with Gasteiger partial charge in [-0.1, -0.05) is 25.5 Å². The fourth-order valence-electron chi connectivity index (χ4n) is 3.93. The van der Waals surface area contributed by atoms with Crippen molar-refractivity contribution in [3.63, 3.8) is 0 Å². The Balaban J connectivity index is 1.59. The Morgan fingerprint density at radius 1 is 1.04 bits per heavy atom. The lowest BCUT2D eigenvalue weighted by molar-refractivity contribution is -0.135. The summed E-state index contributed by atoms with van der Waals surface area (Å²) >= 11 is 0. The van der Waals surface area contributed by atoms with Crippen LogP contribution in [-0.2, 0) is 4.79 Å². The number of allylic oxidation sites excluding steroid dienone is 2. The molecule has 2 fully saturated rings. The molecule has 0 radical (unpaired) electrons. The average Bonchev–Trinajstić information content (AvgIpc) is 3.13. The van der Waals surface area contributed by atoms with Crippen molar-refractivity contribution in [3.05, 3.63) is 41.5 Å². The Morgan fingerprint density at radius 3 is 2.12 bits per heavy atom. The van der Waals surface area contributed by atoms with E-state index in [9.17, 15) is 14.7 Å². The number of hydrogen-bond donors (Lipinski definition) is 1. The van der Waals surface area contributed by atoms with Crippen molar-refractivity contribution in [2.75, 3.05) is 26.2 Å². The van der Waals surface area contributed by atoms with Crippen LogP contribution < -0.4 is 0 Å². The number of phenols is 1. The molecule has 2 amide bonds. The number of hydrogen-bond acceptors (Lipinski definition) is 3. The molecule has 2 atom stereocenters. The monoisotopic (exact) mass is 356 g/mol. The third kappa shape index (κ3) is 3.48. The number of rotatable bonds is 3. The average molecular weight is 356 g/mol. The Kier molecular flexibility index (Phi) is 4.82. The van der Waals surface area contributed by atoms with E-state index in [4.69, 9.17) is 0 Å². The SMILES string of the molecule is CC(C)=C[C@H]1[C@H](C(=O)N2CCN(C(=O)c3ccc(O)cc3)CC2)C1(C)C. The largest absolute Gasteiger partial charge is 0.508 e. The zero-order chi connectivity index (χ0) is 19.1. The molecule has 0 aromatic heterocycles. The van der Waals surface area contributed by atoms with Crippen LogP contribution in [-0.4, -0.2) is 52.9 Å². The van der Waals surface area contributed by atoms with Crippen LogP contribution >= 0.6 is 0 Å². The Bertz CT molecular complexity index is 724. The molecule has 0 bridgehead atoms. The van der Waals surface area contributed by atoms with E-state index in [2.05, 4.69) is 33.8 Å². The third-order valence-electron chi connectivity index (χ3n) is 5.68. The molecule has 1 aliphatic heterocycles. The van der Waals surface area contributed by atoms with Gasteiger partial charge in [-0.3, -0.25) is 9.59 Å². The van der Waals surface area contributed by atoms with E-state index in [1.165, 1.54) is 17.7 Å². The number of carbonyl (C=O) groups excluding carboxylic acids is 2. The molecule has 1 aliphatic carbocycles. The molecule has 3 rings (SSSR count). The minimum absolute atomic E-state index is 0.0212. The summed E-state index contributed by atoms with van der Waals surface area (Å²) in [4.78, 5) is 29.1. The molecule has 1 saturated heterocycles. The molecular weight excluding hydrogens is 328 g/mol. The lowest BCUT2D eigenvalue weighted by Crippen LogP contribution is -2.51. The van der Waals surface area contributed by atoms with Crippen LogP contribution in [0.4, 0.5) is 0 Å². The normalized spacial score (nSPS) is 24.2. The molecule has 5 heteroatoms.